The fraction of sp³-hybridized carbons (Fsp3) is 0.800. The molecule has 0 radical (unpaired) electrons. The van der Waals surface area contributed by atoms with Crippen LogP contribution >= 0.6 is 0 Å². The topological polar surface area (TPSA) is 63.3 Å². The lowest BCUT2D eigenvalue weighted by molar-refractivity contribution is -0.125. The predicted octanol–water partition coefficient (Wildman–Crippen LogP) is -0.715. The van der Waals surface area contributed by atoms with Gasteiger partial charge in [-0.25, -0.2) is 0 Å². The van der Waals surface area contributed by atoms with Crippen LogP contribution in [-0.2, 0) is 4.79 Å². The van der Waals surface area contributed by atoms with Crippen molar-refractivity contribution in [3.63, 3.8) is 0 Å². The highest BCUT2D eigenvalue weighted by atomic mass is 16.3. The van der Waals surface area contributed by atoms with Crippen LogP contribution in [0.2, 0.25) is 0 Å². The summed E-state index contributed by atoms with van der Waals surface area (Å²) in [6.07, 6.45) is -0.477. The predicted molar refractivity (Wildman–Crippen MR) is 30.4 cm³/mol. The lowest BCUT2D eigenvalue weighted by Gasteiger charge is -2.01. The molecule has 0 aromatic rings. The van der Waals surface area contributed by atoms with Crippen molar-refractivity contribution >= 4 is 5.78 Å². The molecule has 0 fully saturated rings. The molecule has 8 heavy (non-hydrogen) atoms. The van der Waals surface area contributed by atoms with E-state index in [2.05, 4.69) is 0 Å². The van der Waals surface area contributed by atoms with E-state index in [1.807, 2.05) is 0 Å². The minimum Gasteiger partial charge on any atom is -0.385 e. The largest absolute Gasteiger partial charge is 0.385 e. The maximum absolute atomic E-state index is 10.2. The van der Waals surface area contributed by atoms with Crippen LogP contribution in [-0.4, -0.2) is 23.5 Å². The maximum atomic E-state index is 10.2. The Morgan fingerprint density at radius 2 is 2.38 bits per heavy atom. The fourth-order valence-corrected chi connectivity index (χ4v) is 0.361. The summed E-state index contributed by atoms with van der Waals surface area (Å²) in [5.41, 5.74) is 5.06. The summed E-state index contributed by atoms with van der Waals surface area (Å²) >= 11 is 0. The van der Waals surface area contributed by atoms with E-state index in [4.69, 9.17) is 10.8 Å². The summed E-state index contributed by atoms with van der Waals surface area (Å²) in [4.78, 5) is 10.2. The molecule has 0 saturated carbocycles. The molecule has 0 rings (SSSR count). The second kappa shape index (κ2) is 3.57. The molecule has 3 heteroatoms. The highest BCUT2D eigenvalue weighted by Crippen LogP contribution is 1.88. The lowest BCUT2D eigenvalue weighted by Crippen LogP contribution is -2.20. The minimum atomic E-state index is -0.847. The van der Waals surface area contributed by atoms with E-state index in [1.165, 1.54) is 6.92 Å². The van der Waals surface area contributed by atoms with Gasteiger partial charge in [0.25, 0.3) is 0 Å². The Morgan fingerprint density at radius 1 is 1.88 bits per heavy atom. The molecule has 0 aromatic heterocycles. The van der Waals surface area contributed by atoms with Gasteiger partial charge in [0, 0.05) is 0 Å². The summed E-state index contributed by atoms with van der Waals surface area (Å²) in [6.45, 7) is 1.71. The zero-order valence-corrected chi connectivity index (χ0v) is 4.92. The van der Waals surface area contributed by atoms with Crippen LogP contribution in [0.25, 0.3) is 0 Å². The quantitative estimate of drug-likeness (QED) is 0.513. The molecule has 48 valence electrons. The molecule has 0 aliphatic heterocycles. The van der Waals surface area contributed by atoms with Crippen LogP contribution < -0.4 is 5.73 Å². The molecule has 0 spiro atoms. The molecule has 0 saturated heterocycles. The molecule has 0 aromatic carbocycles. The standard InChI is InChI=1S/C5H11NO2/c1-4(7)5(8)2-3-6/h5,8H,2-3,6H2,1H3. The molecular formula is C5H11NO2. The van der Waals surface area contributed by atoms with Crippen molar-refractivity contribution in [2.45, 2.75) is 19.4 Å². The van der Waals surface area contributed by atoms with Crippen LogP contribution in [0.4, 0.5) is 0 Å². The Kier molecular flexibility index (Phi) is 3.39. The van der Waals surface area contributed by atoms with Gasteiger partial charge in [0.1, 0.15) is 6.10 Å². The number of nitrogens with two attached hydrogens (primary N) is 1. The molecule has 0 aliphatic carbocycles. The van der Waals surface area contributed by atoms with E-state index in [0.717, 1.165) is 0 Å². The van der Waals surface area contributed by atoms with E-state index >= 15 is 0 Å². The Morgan fingerprint density at radius 3 is 2.50 bits per heavy atom. The first-order valence-electron chi connectivity index (χ1n) is 2.57. The van der Waals surface area contributed by atoms with Gasteiger partial charge in [0.2, 0.25) is 0 Å². The van der Waals surface area contributed by atoms with Crippen molar-refractivity contribution in [2.24, 2.45) is 5.73 Å². The van der Waals surface area contributed by atoms with E-state index in [1.54, 1.807) is 0 Å². The first-order valence-corrected chi connectivity index (χ1v) is 2.57. The van der Waals surface area contributed by atoms with Gasteiger partial charge in [-0.2, -0.15) is 0 Å². The first-order chi connectivity index (χ1) is 3.68. The van der Waals surface area contributed by atoms with Crippen molar-refractivity contribution in [3.8, 4) is 0 Å². The van der Waals surface area contributed by atoms with Crippen molar-refractivity contribution < 1.29 is 9.90 Å². The number of carbonyl (C=O) groups excluding carboxylic acids is 1. The number of ketones is 1. The average Bonchev–Trinajstić information content (AvgIpc) is 1.67. The second-order valence-corrected chi connectivity index (χ2v) is 1.70. The van der Waals surface area contributed by atoms with Crippen molar-refractivity contribution in [1.29, 1.82) is 0 Å². The Bertz CT molecular complexity index is 82.5. The molecule has 0 amide bonds. The maximum Gasteiger partial charge on any atom is 0.158 e. The van der Waals surface area contributed by atoms with Crippen molar-refractivity contribution in [2.75, 3.05) is 6.54 Å². The third-order valence-electron chi connectivity index (χ3n) is 0.909. The highest BCUT2D eigenvalue weighted by molar-refractivity contribution is 5.79. The monoisotopic (exact) mass is 117 g/mol. The molecular weight excluding hydrogens is 106 g/mol. The molecule has 0 bridgehead atoms. The van der Waals surface area contributed by atoms with Crippen LogP contribution in [0.5, 0.6) is 0 Å². The Hall–Kier alpha value is -0.410. The zero-order chi connectivity index (χ0) is 6.57. The van der Waals surface area contributed by atoms with Crippen molar-refractivity contribution in [1.82, 2.24) is 0 Å². The Balaban J connectivity index is 3.32. The summed E-state index contributed by atoms with van der Waals surface area (Å²) in [6, 6.07) is 0. The molecule has 3 nitrogen and oxygen atoms in total. The van der Waals surface area contributed by atoms with Gasteiger partial charge in [-0.1, -0.05) is 0 Å². The van der Waals surface area contributed by atoms with E-state index in [0.29, 0.717) is 13.0 Å². The normalized spacial score (nSPS) is 13.4. The van der Waals surface area contributed by atoms with Gasteiger partial charge in [0.15, 0.2) is 5.78 Å². The van der Waals surface area contributed by atoms with Gasteiger partial charge >= 0.3 is 0 Å². The third-order valence-corrected chi connectivity index (χ3v) is 0.909. The average molecular weight is 117 g/mol. The number of aliphatic hydroxyl groups excluding tert-OH is 1. The smallest absolute Gasteiger partial charge is 0.158 e. The minimum absolute atomic E-state index is 0.213. The van der Waals surface area contributed by atoms with Crippen LogP contribution in [0, 0.1) is 0 Å². The summed E-state index contributed by atoms with van der Waals surface area (Å²) in [7, 11) is 0. The number of Topliss-reactive ketones (excluding diaryl/α,β-unsaturated/α-hetero) is 1. The van der Waals surface area contributed by atoms with Crippen LogP contribution in [0.1, 0.15) is 13.3 Å². The zero-order valence-electron chi connectivity index (χ0n) is 4.92. The van der Waals surface area contributed by atoms with Gasteiger partial charge in [0.05, 0.1) is 0 Å². The van der Waals surface area contributed by atoms with Gasteiger partial charge in [-0.15, -0.1) is 0 Å². The summed E-state index contributed by atoms with van der Waals surface area (Å²) in [5.74, 6) is -0.213. The van der Waals surface area contributed by atoms with Gasteiger partial charge < -0.3 is 10.8 Å². The second-order valence-electron chi connectivity index (χ2n) is 1.70. The number of carbonyl (C=O) groups is 1. The molecule has 0 heterocycles. The molecule has 0 aliphatic rings. The Labute approximate surface area is 48.5 Å². The van der Waals surface area contributed by atoms with Crippen LogP contribution in [0.15, 0.2) is 0 Å². The first kappa shape index (κ1) is 7.59. The van der Waals surface area contributed by atoms with E-state index in [-0.39, 0.29) is 5.78 Å². The SMILES string of the molecule is CC(=O)C(O)CCN. The number of hydrogen-bond acceptors (Lipinski definition) is 3. The number of hydrogen-bond donors (Lipinski definition) is 2. The number of aliphatic hydroxyl groups is 1. The van der Waals surface area contributed by atoms with Crippen LogP contribution in [0.3, 0.4) is 0 Å². The van der Waals surface area contributed by atoms with Gasteiger partial charge in [-0.05, 0) is 19.9 Å². The number of rotatable bonds is 3. The molecule has 1 atom stereocenters. The summed E-state index contributed by atoms with van der Waals surface area (Å²) in [5, 5.41) is 8.70. The molecule has 1 unspecified atom stereocenters. The van der Waals surface area contributed by atoms with Crippen molar-refractivity contribution in [3.05, 3.63) is 0 Å². The van der Waals surface area contributed by atoms with E-state index in [9.17, 15) is 4.79 Å². The lowest BCUT2D eigenvalue weighted by atomic mass is 10.2. The van der Waals surface area contributed by atoms with E-state index < -0.39 is 6.10 Å². The fourth-order valence-electron chi connectivity index (χ4n) is 0.361. The highest BCUT2D eigenvalue weighted by Gasteiger charge is 2.05. The summed E-state index contributed by atoms with van der Waals surface area (Å²) < 4.78 is 0. The van der Waals surface area contributed by atoms with Gasteiger partial charge in [-0.3, -0.25) is 4.79 Å². The third kappa shape index (κ3) is 2.71. The molecule has 3 N–H and O–H groups in total.